The van der Waals surface area contributed by atoms with Crippen LogP contribution in [0.5, 0.6) is 0 Å². The van der Waals surface area contributed by atoms with Crippen LogP contribution >= 0.6 is 11.6 Å². The number of benzene rings is 2. The van der Waals surface area contributed by atoms with Crippen LogP contribution in [0.15, 0.2) is 73.1 Å². The molecule has 35 heavy (non-hydrogen) atoms. The topological polar surface area (TPSA) is 52.8 Å². The molecule has 0 amide bonds. The molecule has 0 unspecified atom stereocenters. The van der Waals surface area contributed by atoms with Gasteiger partial charge in [-0.2, -0.15) is 10.1 Å². The summed E-state index contributed by atoms with van der Waals surface area (Å²) in [7, 11) is -2.50. The number of rotatable bonds is 6. The Morgan fingerprint density at radius 1 is 0.914 bits per heavy atom. The van der Waals surface area contributed by atoms with Crippen LogP contribution in [0.2, 0.25) is 10.3 Å². The van der Waals surface area contributed by atoms with Crippen molar-refractivity contribution in [3.05, 3.63) is 78.3 Å². The Morgan fingerprint density at radius 3 is 2.09 bits per heavy atom. The minimum atomic E-state index is -2.50. The largest absolute Gasteiger partial charge is 0.407 e. The van der Waals surface area contributed by atoms with Crippen molar-refractivity contribution in [1.82, 2.24) is 19.7 Å². The predicted octanol–water partition coefficient (Wildman–Crippen LogP) is 5.79. The lowest BCUT2D eigenvalue weighted by Crippen LogP contribution is -2.66. The van der Waals surface area contributed by atoms with E-state index in [0.29, 0.717) is 12.0 Å². The Kier molecular flexibility index (Phi) is 6.79. The summed E-state index contributed by atoms with van der Waals surface area (Å²) in [6.07, 6.45) is 7.94. The first-order valence-corrected chi connectivity index (χ1v) is 14.8. The number of nitrogens with zero attached hydrogens (tertiary/aromatic N) is 4. The van der Waals surface area contributed by atoms with E-state index >= 15 is 0 Å². The Morgan fingerprint density at radius 2 is 1.51 bits per heavy atom. The van der Waals surface area contributed by atoms with Gasteiger partial charge in [-0.1, -0.05) is 81.4 Å². The average Bonchev–Trinajstić information content (AvgIpc) is 3.28. The molecule has 0 spiro atoms. The monoisotopic (exact) mass is 504 g/mol. The summed E-state index contributed by atoms with van der Waals surface area (Å²) in [5, 5.41) is 8.50. The van der Waals surface area contributed by atoms with Crippen LogP contribution in [0.25, 0.3) is 11.0 Å². The predicted molar refractivity (Wildman–Crippen MR) is 145 cm³/mol. The van der Waals surface area contributed by atoms with Gasteiger partial charge in [0.05, 0.1) is 17.6 Å². The number of halogens is 1. The number of hydrogen-bond donors (Lipinski definition) is 0. The highest BCUT2D eigenvalue weighted by atomic mass is 35.5. The van der Waals surface area contributed by atoms with Gasteiger partial charge in [-0.15, -0.1) is 0 Å². The maximum absolute atomic E-state index is 7.20. The van der Waals surface area contributed by atoms with E-state index in [4.69, 9.17) is 16.0 Å². The maximum Gasteiger partial charge on any atom is 0.261 e. The summed E-state index contributed by atoms with van der Waals surface area (Å²) in [5.74, 6) is 0.535. The molecule has 5 nitrogen and oxygen atoms in total. The highest BCUT2D eigenvalue weighted by Gasteiger charge is 2.50. The van der Waals surface area contributed by atoms with Gasteiger partial charge in [0, 0.05) is 12.8 Å². The fourth-order valence-electron chi connectivity index (χ4n) is 5.64. The fraction of sp³-hybridized carbons (Fsp3) is 0.393. The van der Waals surface area contributed by atoms with Crippen molar-refractivity contribution in [1.29, 1.82) is 0 Å². The van der Waals surface area contributed by atoms with E-state index in [2.05, 4.69) is 96.5 Å². The van der Waals surface area contributed by atoms with Crippen LogP contribution < -0.4 is 10.4 Å². The zero-order valence-corrected chi connectivity index (χ0v) is 22.4. The first kappa shape index (κ1) is 24.2. The summed E-state index contributed by atoms with van der Waals surface area (Å²) in [6, 6.07) is 22.1. The molecule has 5 rings (SSSR count). The molecular weight excluding hydrogens is 472 g/mol. The highest BCUT2D eigenvalue weighted by molar-refractivity contribution is 6.99. The fourth-order valence-corrected chi connectivity index (χ4v) is 10.4. The summed E-state index contributed by atoms with van der Waals surface area (Å²) in [6.45, 7) is 7.80. The van der Waals surface area contributed by atoms with Gasteiger partial charge in [0.2, 0.25) is 5.28 Å². The van der Waals surface area contributed by atoms with Crippen molar-refractivity contribution in [3.8, 4) is 0 Å². The Hall–Kier alpha value is -2.54. The summed E-state index contributed by atoms with van der Waals surface area (Å²) < 4.78 is 9.24. The third-order valence-corrected chi connectivity index (χ3v) is 12.6. The van der Waals surface area contributed by atoms with Gasteiger partial charge in [0.1, 0.15) is 0 Å². The molecule has 0 bridgehead atoms. The van der Waals surface area contributed by atoms with Crippen LogP contribution in [0.4, 0.5) is 0 Å². The second-order valence-corrected chi connectivity index (χ2v) is 15.3. The van der Waals surface area contributed by atoms with Crippen molar-refractivity contribution < 1.29 is 4.43 Å². The summed E-state index contributed by atoms with van der Waals surface area (Å²) >= 11 is 6.06. The molecule has 1 aliphatic rings. The van der Waals surface area contributed by atoms with Gasteiger partial charge in [-0.05, 0) is 58.6 Å². The normalized spacial score (nSPS) is 19.2. The summed E-state index contributed by atoms with van der Waals surface area (Å²) in [5.41, 5.74) is 0.831. The van der Waals surface area contributed by atoms with Crippen LogP contribution in [-0.4, -0.2) is 34.7 Å². The molecule has 2 aromatic heterocycles. The molecule has 7 heteroatoms. The van der Waals surface area contributed by atoms with E-state index in [1.165, 1.54) is 10.4 Å². The highest BCUT2D eigenvalue weighted by Crippen LogP contribution is 2.39. The molecule has 0 atom stereocenters. The van der Waals surface area contributed by atoms with Crippen LogP contribution in [0, 0.1) is 5.92 Å². The third-order valence-electron chi connectivity index (χ3n) is 7.42. The minimum Gasteiger partial charge on any atom is -0.407 e. The third kappa shape index (κ3) is 4.67. The molecule has 182 valence electrons. The van der Waals surface area contributed by atoms with Gasteiger partial charge in [0.25, 0.3) is 8.32 Å². The lowest BCUT2D eigenvalue weighted by molar-refractivity contribution is 0.173. The summed E-state index contributed by atoms with van der Waals surface area (Å²) in [4.78, 5) is 8.51. The van der Waals surface area contributed by atoms with Crippen molar-refractivity contribution in [2.24, 2.45) is 5.92 Å². The zero-order valence-electron chi connectivity index (χ0n) is 20.7. The van der Waals surface area contributed by atoms with E-state index in [-0.39, 0.29) is 10.3 Å². The maximum atomic E-state index is 7.20. The second-order valence-electron chi connectivity index (χ2n) is 10.7. The number of aromatic nitrogens is 4. The van der Waals surface area contributed by atoms with Crippen molar-refractivity contribution >= 4 is 41.3 Å². The lowest BCUT2D eigenvalue weighted by Gasteiger charge is -2.44. The van der Waals surface area contributed by atoms with E-state index in [0.717, 1.165) is 43.3 Å². The molecule has 0 N–H and O–H groups in total. The van der Waals surface area contributed by atoms with Crippen LogP contribution in [0.3, 0.4) is 0 Å². The van der Waals surface area contributed by atoms with Crippen molar-refractivity contribution in [2.45, 2.75) is 57.5 Å². The van der Waals surface area contributed by atoms with Gasteiger partial charge >= 0.3 is 0 Å². The molecule has 2 heterocycles. The quantitative estimate of drug-likeness (QED) is 0.246. The average molecular weight is 505 g/mol. The molecular formula is C28H33ClN4OSi. The first-order chi connectivity index (χ1) is 16.9. The van der Waals surface area contributed by atoms with E-state index in [9.17, 15) is 0 Å². The SMILES string of the molecule is CC(C)(C)[Si](OCC1CCC(n2ncc3cnc(Cl)nc32)CC1)(c1ccccc1)c1ccccc1. The lowest BCUT2D eigenvalue weighted by atomic mass is 9.87. The van der Waals surface area contributed by atoms with Gasteiger partial charge in [0.15, 0.2) is 5.65 Å². The Bertz CT molecular complexity index is 1230. The minimum absolute atomic E-state index is 0.000141. The molecule has 0 aliphatic heterocycles. The van der Waals surface area contributed by atoms with E-state index in [1.54, 1.807) is 6.20 Å². The Balaban J connectivity index is 1.35. The standard InChI is InChI=1S/C28H33ClN4OSi/c1-28(2,3)35(24-10-6-4-7-11-24,25-12-8-5-9-13-25)34-20-21-14-16-23(17-15-21)33-26-22(19-31-33)18-30-27(29)32-26/h4-13,18-19,21,23H,14-17,20H2,1-3H3. The molecule has 1 aliphatic carbocycles. The van der Waals surface area contributed by atoms with Crippen molar-refractivity contribution in [3.63, 3.8) is 0 Å². The van der Waals surface area contributed by atoms with Gasteiger partial charge < -0.3 is 4.43 Å². The number of fused-ring (bicyclic) bond motifs is 1. The number of hydrogen-bond acceptors (Lipinski definition) is 4. The molecule has 2 aromatic carbocycles. The smallest absolute Gasteiger partial charge is 0.261 e. The molecule has 4 aromatic rings. The zero-order chi connectivity index (χ0) is 24.5. The van der Waals surface area contributed by atoms with E-state index in [1.807, 2.05) is 10.9 Å². The van der Waals surface area contributed by atoms with Crippen LogP contribution in [0.1, 0.15) is 52.5 Å². The van der Waals surface area contributed by atoms with Crippen molar-refractivity contribution in [2.75, 3.05) is 6.61 Å². The second kappa shape index (κ2) is 9.84. The molecule has 0 saturated heterocycles. The molecule has 0 radical (unpaired) electrons. The van der Waals surface area contributed by atoms with Gasteiger partial charge in [-0.3, -0.25) is 0 Å². The Labute approximate surface area is 213 Å². The first-order valence-electron chi connectivity index (χ1n) is 12.5. The van der Waals surface area contributed by atoms with Gasteiger partial charge in [-0.25, -0.2) is 9.67 Å². The van der Waals surface area contributed by atoms with Crippen LogP contribution in [-0.2, 0) is 4.43 Å². The molecule has 1 fully saturated rings. The molecule has 1 saturated carbocycles. The van der Waals surface area contributed by atoms with E-state index < -0.39 is 8.32 Å².